The highest BCUT2D eigenvalue weighted by molar-refractivity contribution is 6.05. The molecule has 1 aliphatic rings. The van der Waals surface area contributed by atoms with Crippen LogP contribution in [0.4, 0.5) is 28.4 Å². The molecule has 4 rings (SSSR count). The lowest BCUT2D eigenvalue weighted by molar-refractivity contribution is -0.384. The van der Waals surface area contributed by atoms with Gasteiger partial charge < -0.3 is 15.1 Å². The topological polar surface area (TPSA) is 122 Å². The van der Waals surface area contributed by atoms with Gasteiger partial charge in [0.05, 0.1) is 9.85 Å². The standard InChI is InChI=1S/C23H21N5O5/c29-23(24-18-4-2-1-3-5-18)17-6-11-21(22(16-17)28(32)33)26-14-12-25(13-15-26)19-7-9-20(10-8-19)27(30)31/h1-11,16H,12-15H2,(H,24,29). The van der Waals surface area contributed by atoms with E-state index >= 15 is 0 Å². The van der Waals surface area contributed by atoms with Crippen LogP contribution in [-0.2, 0) is 0 Å². The second-order valence-electron chi connectivity index (χ2n) is 7.53. The van der Waals surface area contributed by atoms with Crippen LogP contribution in [0, 0.1) is 20.2 Å². The average Bonchev–Trinajstić information content (AvgIpc) is 2.84. The van der Waals surface area contributed by atoms with Gasteiger partial charge in [0.15, 0.2) is 0 Å². The molecule has 0 atom stereocenters. The minimum atomic E-state index is -0.475. The minimum Gasteiger partial charge on any atom is -0.368 e. The molecule has 33 heavy (non-hydrogen) atoms. The van der Waals surface area contributed by atoms with E-state index < -0.39 is 15.8 Å². The molecule has 1 N–H and O–H groups in total. The summed E-state index contributed by atoms with van der Waals surface area (Å²) in [4.78, 5) is 38.2. The number of anilines is 3. The number of nitrogens with one attached hydrogen (secondary N) is 1. The van der Waals surface area contributed by atoms with Gasteiger partial charge in [-0.15, -0.1) is 0 Å². The Morgan fingerprint density at radius 2 is 1.42 bits per heavy atom. The van der Waals surface area contributed by atoms with Crippen molar-refractivity contribution >= 4 is 34.3 Å². The van der Waals surface area contributed by atoms with E-state index in [0.717, 1.165) is 5.69 Å². The Bertz CT molecular complexity index is 1180. The van der Waals surface area contributed by atoms with Gasteiger partial charge in [-0.1, -0.05) is 18.2 Å². The van der Waals surface area contributed by atoms with Crippen molar-refractivity contribution in [3.8, 4) is 0 Å². The van der Waals surface area contributed by atoms with Gasteiger partial charge in [0.2, 0.25) is 0 Å². The zero-order valence-electron chi connectivity index (χ0n) is 17.6. The van der Waals surface area contributed by atoms with Crippen molar-refractivity contribution in [2.45, 2.75) is 0 Å². The van der Waals surface area contributed by atoms with Gasteiger partial charge in [-0.25, -0.2) is 0 Å². The molecular weight excluding hydrogens is 426 g/mol. The number of amides is 1. The van der Waals surface area contributed by atoms with E-state index in [0.29, 0.717) is 37.6 Å². The maximum atomic E-state index is 12.5. The number of carbonyl (C=O) groups is 1. The van der Waals surface area contributed by atoms with Gasteiger partial charge in [-0.3, -0.25) is 25.0 Å². The monoisotopic (exact) mass is 447 g/mol. The Hall–Kier alpha value is -4.47. The largest absolute Gasteiger partial charge is 0.368 e. The zero-order valence-corrected chi connectivity index (χ0v) is 17.6. The number of rotatable bonds is 6. The number of non-ortho nitro benzene ring substituents is 1. The van der Waals surface area contributed by atoms with Crippen molar-refractivity contribution in [1.82, 2.24) is 0 Å². The first-order valence-electron chi connectivity index (χ1n) is 10.3. The Balaban J connectivity index is 1.47. The van der Waals surface area contributed by atoms with E-state index in [1.165, 1.54) is 18.2 Å². The Morgan fingerprint density at radius 1 is 0.788 bits per heavy atom. The predicted octanol–water partition coefficient (Wildman–Crippen LogP) is 4.08. The van der Waals surface area contributed by atoms with Crippen molar-refractivity contribution in [2.75, 3.05) is 41.3 Å². The van der Waals surface area contributed by atoms with Crippen molar-refractivity contribution in [3.63, 3.8) is 0 Å². The quantitative estimate of drug-likeness (QED) is 0.446. The van der Waals surface area contributed by atoms with Crippen LogP contribution in [0.1, 0.15) is 10.4 Å². The molecule has 3 aromatic rings. The summed E-state index contributed by atoms with van der Waals surface area (Å²) in [5.74, 6) is -0.418. The fraction of sp³-hybridized carbons (Fsp3) is 0.174. The van der Waals surface area contributed by atoms with E-state index in [1.807, 2.05) is 11.0 Å². The van der Waals surface area contributed by atoms with Crippen molar-refractivity contribution in [1.29, 1.82) is 0 Å². The maximum Gasteiger partial charge on any atom is 0.293 e. The van der Waals surface area contributed by atoms with E-state index in [9.17, 15) is 25.0 Å². The SMILES string of the molecule is O=C(Nc1ccccc1)c1ccc(N2CCN(c3ccc([N+](=O)[O-])cc3)CC2)c([N+](=O)[O-])c1. The molecule has 0 unspecified atom stereocenters. The molecule has 1 aliphatic heterocycles. The van der Waals surface area contributed by atoms with Gasteiger partial charge in [0.25, 0.3) is 17.3 Å². The van der Waals surface area contributed by atoms with Crippen molar-refractivity contribution in [2.24, 2.45) is 0 Å². The third-order valence-electron chi connectivity index (χ3n) is 5.51. The molecule has 3 aromatic carbocycles. The van der Waals surface area contributed by atoms with Gasteiger partial charge in [-0.2, -0.15) is 0 Å². The fourth-order valence-electron chi connectivity index (χ4n) is 3.79. The van der Waals surface area contributed by atoms with Gasteiger partial charge in [-0.05, 0) is 36.4 Å². The van der Waals surface area contributed by atoms with Crippen LogP contribution in [0.2, 0.25) is 0 Å². The van der Waals surface area contributed by atoms with Gasteiger partial charge in [0, 0.05) is 61.3 Å². The fourth-order valence-corrected chi connectivity index (χ4v) is 3.79. The first-order valence-corrected chi connectivity index (χ1v) is 10.3. The molecule has 0 aromatic heterocycles. The lowest BCUT2D eigenvalue weighted by atomic mass is 10.1. The Kier molecular flexibility index (Phi) is 6.16. The van der Waals surface area contributed by atoms with Crippen LogP contribution in [0.5, 0.6) is 0 Å². The second-order valence-corrected chi connectivity index (χ2v) is 7.53. The highest BCUT2D eigenvalue weighted by atomic mass is 16.6. The minimum absolute atomic E-state index is 0.0319. The molecule has 1 fully saturated rings. The number of hydrogen-bond donors (Lipinski definition) is 1. The Labute approximate surface area is 189 Å². The summed E-state index contributed by atoms with van der Waals surface area (Å²) < 4.78 is 0. The van der Waals surface area contributed by atoms with Crippen LogP contribution in [0.3, 0.4) is 0 Å². The number of hydrogen-bond acceptors (Lipinski definition) is 7. The molecule has 1 amide bonds. The average molecular weight is 447 g/mol. The van der Waals surface area contributed by atoms with Crippen LogP contribution >= 0.6 is 0 Å². The number of nitrogens with zero attached hydrogens (tertiary/aromatic N) is 4. The number of carbonyl (C=O) groups excluding carboxylic acids is 1. The summed E-state index contributed by atoms with van der Waals surface area (Å²) in [6, 6.07) is 19.7. The molecule has 0 spiro atoms. The van der Waals surface area contributed by atoms with Crippen molar-refractivity contribution in [3.05, 3.63) is 98.6 Å². The lowest BCUT2D eigenvalue weighted by Gasteiger charge is -2.37. The summed E-state index contributed by atoms with van der Waals surface area (Å²) in [5.41, 5.74) is 2.04. The summed E-state index contributed by atoms with van der Waals surface area (Å²) in [6.07, 6.45) is 0. The third-order valence-corrected chi connectivity index (χ3v) is 5.51. The van der Waals surface area contributed by atoms with Crippen LogP contribution in [0.25, 0.3) is 0 Å². The molecule has 0 aliphatic carbocycles. The van der Waals surface area contributed by atoms with E-state index in [1.54, 1.807) is 48.5 Å². The summed E-state index contributed by atoms with van der Waals surface area (Å²) in [5, 5.41) is 25.3. The Morgan fingerprint density at radius 3 is 2.03 bits per heavy atom. The molecule has 168 valence electrons. The molecule has 1 heterocycles. The van der Waals surface area contributed by atoms with E-state index in [-0.39, 0.29) is 16.9 Å². The number of benzene rings is 3. The van der Waals surface area contributed by atoms with Crippen molar-refractivity contribution < 1.29 is 14.6 Å². The first kappa shape index (κ1) is 21.8. The second kappa shape index (κ2) is 9.35. The smallest absolute Gasteiger partial charge is 0.293 e. The first-order chi connectivity index (χ1) is 15.9. The lowest BCUT2D eigenvalue weighted by Crippen LogP contribution is -2.46. The van der Waals surface area contributed by atoms with Crippen LogP contribution in [-0.4, -0.2) is 41.9 Å². The normalized spacial score (nSPS) is 13.5. The zero-order chi connectivity index (χ0) is 23.4. The highest BCUT2D eigenvalue weighted by Crippen LogP contribution is 2.31. The summed E-state index contributed by atoms with van der Waals surface area (Å²) >= 11 is 0. The highest BCUT2D eigenvalue weighted by Gasteiger charge is 2.25. The summed E-state index contributed by atoms with van der Waals surface area (Å²) in [7, 11) is 0. The predicted molar refractivity (Wildman–Crippen MR) is 125 cm³/mol. The molecule has 0 saturated carbocycles. The third kappa shape index (κ3) is 4.90. The van der Waals surface area contributed by atoms with Gasteiger partial charge >= 0.3 is 0 Å². The van der Waals surface area contributed by atoms with Gasteiger partial charge in [0.1, 0.15) is 5.69 Å². The number of nitro benzene ring substituents is 2. The molecular formula is C23H21N5O5. The number of piperazine rings is 1. The molecule has 10 heteroatoms. The maximum absolute atomic E-state index is 12.5. The molecule has 10 nitrogen and oxygen atoms in total. The number of para-hydroxylation sites is 1. The molecule has 0 radical (unpaired) electrons. The van der Waals surface area contributed by atoms with E-state index in [4.69, 9.17) is 0 Å². The summed E-state index contributed by atoms with van der Waals surface area (Å²) in [6.45, 7) is 2.27. The molecule has 1 saturated heterocycles. The van der Waals surface area contributed by atoms with Crippen LogP contribution < -0.4 is 15.1 Å². The van der Waals surface area contributed by atoms with E-state index in [2.05, 4.69) is 10.2 Å². The van der Waals surface area contributed by atoms with Crippen LogP contribution in [0.15, 0.2) is 72.8 Å². The number of nitro groups is 2. The molecule has 0 bridgehead atoms.